The molecule has 1 saturated heterocycles. The fourth-order valence-corrected chi connectivity index (χ4v) is 3.00. The molecule has 6 heteroatoms. The number of nitrogens with zero attached hydrogens (tertiary/aromatic N) is 3. The number of hydrogen-bond donors (Lipinski definition) is 1. The van der Waals surface area contributed by atoms with Crippen LogP contribution < -0.4 is 5.32 Å². The summed E-state index contributed by atoms with van der Waals surface area (Å²) in [6, 6.07) is 0.721. The Bertz CT molecular complexity index is 403. The minimum Gasteiger partial charge on any atom is -0.314 e. The van der Waals surface area contributed by atoms with E-state index in [9.17, 15) is 0 Å². The molecule has 114 valence electrons. The van der Waals surface area contributed by atoms with E-state index >= 15 is 0 Å². The molecule has 0 amide bonds. The van der Waals surface area contributed by atoms with Crippen LogP contribution in [0.2, 0.25) is 5.02 Å². The van der Waals surface area contributed by atoms with Gasteiger partial charge in [0.25, 0.3) is 0 Å². The fourth-order valence-electron chi connectivity index (χ4n) is 2.78. The average Bonchev–Trinajstić information content (AvgIpc) is 3.20. The van der Waals surface area contributed by atoms with Crippen LogP contribution in [0.25, 0.3) is 0 Å². The van der Waals surface area contributed by atoms with E-state index in [-0.39, 0.29) is 12.4 Å². The monoisotopic (exact) mass is 318 g/mol. The summed E-state index contributed by atoms with van der Waals surface area (Å²) in [4.78, 5) is 2.48. The molecule has 2 heterocycles. The third-order valence-corrected chi connectivity index (χ3v) is 4.68. The lowest BCUT2D eigenvalue weighted by atomic mass is 10.0. The van der Waals surface area contributed by atoms with Gasteiger partial charge in [0.1, 0.15) is 0 Å². The van der Waals surface area contributed by atoms with Gasteiger partial charge in [-0.3, -0.25) is 9.58 Å². The van der Waals surface area contributed by atoms with Crippen LogP contribution in [0.15, 0.2) is 6.20 Å². The first-order chi connectivity index (χ1) is 9.22. The van der Waals surface area contributed by atoms with Gasteiger partial charge in [0, 0.05) is 32.7 Å². The zero-order valence-corrected chi connectivity index (χ0v) is 13.6. The Kier molecular flexibility index (Phi) is 5.73. The predicted molar refractivity (Wildman–Crippen MR) is 84.5 cm³/mol. The Labute approximate surface area is 132 Å². The van der Waals surface area contributed by atoms with Gasteiger partial charge in [-0.1, -0.05) is 11.6 Å². The molecule has 1 N–H and O–H groups in total. The number of aryl methyl sites for hydroxylation is 1. The number of hydrogen-bond acceptors (Lipinski definition) is 3. The highest BCUT2D eigenvalue weighted by molar-refractivity contribution is 6.31. The summed E-state index contributed by atoms with van der Waals surface area (Å²) in [5.74, 6) is 0.978. The number of aromatic nitrogens is 2. The van der Waals surface area contributed by atoms with Crippen LogP contribution in [0.1, 0.15) is 31.4 Å². The standard InChI is InChI=1S/C14H23ClN4.ClH/c1-18-14(13(15)9-17-18)10-19-6-4-12(5-7-19)16-8-11-2-3-11;/h9,11-12,16H,2-8,10H2,1H3;1H. The summed E-state index contributed by atoms with van der Waals surface area (Å²) in [6.07, 6.45) is 7.11. The van der Waals surface area contributed by atoms with Crippen LogP contribution in [0.5, 0.6) is 0 Å². The van der Waals surface area contributed by atoms with Crippen LogP contribution in [0.4, 0.5) is 0 Å². The summed E-state index contributed by atoms with van der Waals surface area (Å²) in [6.45, 7) is 4.47. The number of nitrogens with one attached hydrogen (secondary N) is 1. The Hall–Kier alpha value is -0.290. The van der Waals surface area contributed by atoms with Crippen molar-refractivity contribution in [2.75, 3.05) is 19.6 Å². The first kappa shape index (κ1) is 16.1. The van der Waals surface area contributed by atoms with Crippen molar-refractivity contribution in [3.05, 3.63) is 16.9 Å². The molecule has 0 spiro atoms. The molecule has 1 saturated carbocycles. The van der Waals surface area contributed by atoms with E-state index in [4.69, 9.17) is 11.6 Å². The maximum atomic E-state index is 6.16. The lowest BCUT2D eigenvalue weighted by Crippen LogP contribution is -2.42. The van der Waals surface area contributed by atoms with Crippen molar-refractivity contribution < 1.29 is 0 Å². The molecular weight excluding hydrogens is 295 g/mol. The lowest BCUT2D eigenvalue weighted by Gasteiger charge is -2.32. The quantitative estimate of drug-likeness (QED) is 0.905. The highest BCUT2D eigenvalue weighted by Crippen LogP contribution is 2.28. The van der Waals surface area contributed by atoms with Gasteiger partial charge < -0.3 is 5.32 Å². The number of halogens is 2. The van der Waals surface area contributed by atoms with Crippen LogP contribution in [-0.4, -0.2) is 40.4 Å². The predicted octanol–water partition coefficient (Wildman–Crippen LogP) is 2.46. The molecule has 3 rings (SSSR count). The molecule has 0 aromatic carbocycles. The smallest absolute Gasteiger partial charge is 0.0831 e. The normalized spacial score (nSPS) is 20.9. The van der Waals surface area contributed by atoms with Crippen molar-refractivity contribution in [2.45, 2.75) is 38.3 Å². The van der Waals surface area contributed by atoms with E-state index < -0.39 is 0 Å². The van der Waals surface area contributed by atoms with Crippen molar-refractivity contribution >= 4 is 24.0 Å². The van der Waals surface area contributed by atoms with Gasteiger partial charge in [0.15, 0.2) is 0 Å². The van der Waals surface area contributed by atoms with Crippen molar-refractivity contribution in [1.29, 1.82) is 0 Å². The summed E-state index contributed by atoms with van der Waals surface area (Å²) in [5, 5.41) is 8.70. The molecule has 2 aliphatic rings. The van der Waals surface area contributed by atoms with Gasteiger partial charge in [-0.15, -0.1) is 12.4 Å². The topological polar surface area (TPSA) is 33.1 Å². The second-order valence-electron chi connectivity index (χ2n) is 5.96. The Morgan fingerprint density at radius 2 is 2.00 bits per heavy atom. The first-order valence-electron chi connectivity index (χ1n) is 7.34. The molecule has 20 heavy (non-hydrogen) atoms. The third kappa shape index (κ3) is 4.10. The van der Waals surface area contributed by atoms with Gasteiger partial charge >= 0.3 is 0 Å². The van der Waals surface area contributed by atoms with Gasteiger partial charge in [-0.25, -0.2) is 0 Å². The van der Waals surface area contributed by atoms with Crippen molar-refractivity contribution in [3.63, 3.8) is 0 Å². The molecule has 4 nitrogen and oxygen atoms in total. The van der Waals surface area contributed by atoms with Crippen molar-refractivity contribution in [3.8, 4) is 0 Å². The van der Waals surface area contributed by atoms with Crippen LogP contribution in [0, 0.1) is 5.92 Å². The Balaban J connectivity index is 0.00000147. The highest BCUT2D eigenvalue weighted by atomic mass is 35.5. The van der Waals surface area contributed by atoms with Crippen LogP contribution in [-0.2, 0) is 13.6 Å². The van der Waals surface area contributed by atoms with Crippen molar-refractivity contribution in [1.82, 2.24) is 20.0 Å². The molecule has 0 unspecified atom stereocenters. The summed E-state index contributed by atoms with van der Waals surface area (Å²) < 4.78 is 1.89. The number of rotatable bonds is 5. The summed E-state index contributed by atoms with van der Waals surface area (Å²) in [5.41, 5.74) is 1.13. The molecule has 0 radical (unpaired) electrons. The van der Waals surface area contributed by atoms with E-state index in [0.29, 0.717) is 0 Å². The molecule has 1 aromatic rings. The zero-order chi connectivity index (χ0) is 13.2. The Morgan fingerprint density at radius 1 is 1.30 bits per heavy atom. The van der Waals surface area contributed by atoms with E-state index in [2.05, 4.69) is 15.3 Å². The largest absolute Gasteiger partial charge is 0.314 e. The molecule has 1 aliphatic carbocycles. The second-order valence-corrected chi connectivity index (χ2v) is 6.37. The zero-order valence-electron chi connectivity index (χ0n) is 12.0. The third-order valence-electron chi connectivity index (χ3n) is 4.36. The van der Waals surface area contributed by atoms with Crippen molar-refractivity contribution in [2.24, 2.45) is 13.0 Å². The lowest BCUT2D eigenvalue weighted by molar-refractivity contribution is 0.186. The first-order valence-corrected chi connectivity index (χ1v) is 7.72. The molecule has 2 fully saturated rings. The fraction of sp³-hybridized carbons (Fsp3) is 0.786. The Morgan fingerprint density at radius 3 is 2.55 bits per heavy atom. The van der Waals surface area contributed by atoms with Gasteiger partial charge in [0.05, 0.1) is 16.9 Å². The van der Waals surface area contributed by atoms with E-state index in [1.165, 1.54) is 32.2 Å². The number of likely N-dealkylation sites (tertiary alicyclic amines) is 1. The van der Waals surface area contributed by atoms with Crippen LogP contribution in [0.3, 0.4) is 0 Å². The minimum atomic E-state index is 0. The molecule has 1 aromatic heterocycles. The van der Waals surface area contributed by atoms with E-state index in [0.717, 1.165) is 42.3 Å². The minimum absolute atomic E-state index is 0. The van der Waals surface area contributed by atoms with Gasteiger partial charge in [0.2, 0.25) is 0 Å². The van der Waals surface area contributed by atoms with E-state index in [1.54, 1.807) is 6.20 Å². The maximum absolute atomic E-state index is 6.16. The molecular formula is C14H24Cl2N4. The SMILES string of the molecule is Cl.Cn1ncc(Cl)c1CN1CCC(NCC2CC2)CC1. The maximum Gasteiger partial charge on any atom is 0.0831 e. The molecule has 0 atom stereocenters. The summed E-state index contributed by atoms with van der Waals surface area (Å²) >= 11 is 6.16. The highest BCUT2D eigenvalue weighted by Gasteiger charge is 2.24. The number of piperidine rings is 1. The summed E-state index contributed by atoms with van der Waals surface area (Å²) in [7, 11) is 1.96. The van der Waals surface area contributed by atoms with Gasteiger partial charge in [-0.05, 0) is 38.1 Å². The van der Waals surface area contributed by atoms with E-state index in [1.807, 2.05) is 11.7 Å². The average molecular weight is 319 g/mol. The van der Waals surface area contributed by atoms with Crippen LogP contribution >= 0.6 is 24.0 Å². The molecule has 0 bridgehead atoms. The van der Waals surface area contributed by atoms with Gasteiger partial charge in [-0.2, -0.15) is 5.10 Å². The molecule has 1 aliphatic heterocycles. The second kappa shape index (κ2) is 7.12.